The highest BCUT2D eigenvalue weighted by molar-refractivity contribution is 9.10. The lowest BCUT2D eigenvalue weighted by Crippen LogP contribution is -1.84. The van der Waals surface area contributed by atoms with Crippen LogP contribution in [0.1, 0.15) is 0 Å². The second-order valence-electron chi connectivity index (χ2n) is 3.85. The minimum absolute atomic E-state index is 0.335. The molecule has 1 heterocycles. The van der Waals surface area contributed by atoms with Crippen LogP contribution in [0.2, 0.25) is 0 Å². The first-order chi connectivity index (χ1) is 8.65. The van der Waals surface area contributed by atoms with Crippen LogP contribution in [0.15, 0.2) is 40.9 Å². The summed E-state index contributed by atoms with van der Waals surface area (Å²) >= 11 is 3.09. The fraction of sp³-hybridized carbons (Fsp3) is 0. The van der Waals surface area contributed by atoms with Crippen molar-refractivity contribution in [3.63, 3.8) is 0 Å². The molecule has 3 aromatic rings. The van der Waals surface area contributed by atoms with E-state index in [1.807, 2.05) is 0 Å². The van der Waals surface area contributed by atoms with Gasteiger partial charge < -0.3 is 4.98 Å². The Balaban J connectivity index is 2.23. The number of H-pyrrole nitrogens is 1. The van der Waals surface area contributed by atoms with Gasteiger partial charge in [-0.2, -0.15) is 0 Å². The van der Waals surface area contributed by atoms with Crippen molar-refractivity contribution in [2.45, 2.75) is 0 Å². The van der Waals surface area contributed by atoms with Gasteiger partial charge in [0.25, 0.3) is 0 Å². The normalized spacial score (nSPS) is 11.1. The highest BCUT2D eigenvalue weighted by Crippen LogP contribution is 2.26. The maximum Gasteiger partial charge on any atom is 0.141 e. The van der Waals surface area contributed by atoms with Crippen molar-refractivity contribution >= 4 is 27.0 Å². The van der Waals surface area contributed by atoms with E-state index in [4.69, 9.17) is 0 Å². The van der Waals surface area contributed by atoms with Crippen LogP contribution >= 0.6 is 15.9 Å². The van der Waals surface area contributed by atoms with Crippen molar-refractivity contribution in [3.05, 3.63) is 52.5 Å². The number of hydrogen-bond donors (Lipinski definition) is 1. The summed E-state index contributed by atoms with van der Waals surface area (Å²) in [5, 5.41) is 0. The highest BCUT2D eigenvalue weighted by atomic mass is 79.9. The number of fused-ring (bicyclic) bond motifs is 1. The Morgan fingerprint density at radius 1 is 1.06 bits per heavy atom. The summed E-state index contributed by atoms with van der Waals surface area (Å²) < 4.78 is 27.3. The first-order valence-electron chi connectivity index (χ1n) is 5.25. The maximum absolute atomic E-state index is 13.6. The molecular formula is C13H7BrF2N2. The topological polar surface area (TPSA) is 28.7 Å². The zero-order chi connectivity index (χ0) is 12.7. The van der Waals surface area contributed by atoms with Gasteiger partial charge in [-0.05, 0) is 34.1 Å². The molecule has 3 rings (SSSR count). The Morgan fingerprint density at radius 2 is 1.83 bits per heavy atom. The summed E-state index contributed by atoms with van der Waals surface area (Å²) in [7, 11) is 0. The number of halogens is 3. The average molecular weight is 309 g/mol. The summed E-state index contributed by atoms with van der Waals surface area (Å²) in [6, 6.07) is 9.21. The number of rotatable bonds is 1. The third-order valence-electron chi connectivity index (χ3n) is 2.65. The molecule has 1 aromatic heterocycles. The molecular weight excluding hydrogens is 302 g/mol. The number of nitrogens with one attached hydrogen (secondary N) is 1. The average Bonchev–Trinajstić information content (AvgIpc) is 2.73. The molecule has 0 fully saturated rings. The van der Waals surface area contributed by atoms with Gasteiger partial charge in [0, 0.05) is 6.07 Å². The number of nitrogens with zero attached hydrogens (tertiary/aromatic N) is 1. The molecule has 0 saturated carbocycles. The number of aromatic nitrogens is 2. The van der Waals surface area contributed by atoms with E-state index in [9.17, 15) is 8.78 Å². The summed E-state index contributed by atoms with van der Waals surface area (Å²) in [4.78, 5) is 7.16. The van der Waals surface area contributed by atoms with Crippen LogP contribution in [0, 0.1) is 11.6 Å². The van der Waals surface area contributed by atoms with Crippen molar-refractivity contribution in [3.8, 4) is 11.4 Å². The number of hydrogen-bond acceptors (Lipinski definition) is 1. The fourth-order valence-electron chi connectivity index (χ4n) is 1.79. The van der Waals surface area contributed by atoms with E-state index in [0.29, 0.717) is 26.9 Å². The van der Waals surface area contributed by atoms with Crippen LogP contribution in [-0.4, -0.2) is 9.97 Å². The Bertz CT molecular complexity index is 698. The maximum atomic E-state index is 13.6. The molecule has 0 bridgehead atoms. The molecule has 2 nitrogen and oxygen atoms in total. The fourth-order valence-corrected chi connectivity index (χ4v) is 2.12. The zero-order valence-electron chi connectivity index (χ0n) is 9.05. The SMILES string of the molecule is Fc1cc2[nH]c(-c3ccccc3F)nc2cc1Br. The van der Waals surface area contributed by atoms with Crippen LogP contribution in [-0.2, 0) is 0 Å². The Kier molecular flexibility index (Phi) is 2.63. The molecule has 5 heteroatoms. The summed E-state index contributed by atoms with van der Waals surface area (Å²) in [5.41, 5.74) is 1.49. The van der Waals surface area contributed by atoms with Crippen LogP contribution in [0.4, 0.5) is 8.78 Å². The van der Waals surface area contributed by atoms with Crippen molar-refractivity contribution in [1.29, 1.82) is 0 Å². The lowest BCUT2D eigenvalue weighted by atomic mass is 10.2. The van der Waals surface area contributed by atoms with Gasteiger partial charge in [-0.15, -0.1) is 0 Å². The minimum Gasteiger partial charge on any atom is -0.338 e. The van der Waals surface area contributed by atoms with E-state index < -0.39 is 0 Å². The van der Waals surface area contributed by atoms with Crippen LogP contribution in [0.5, 0.6) is 0 Å². The Labute approximate surface area is 110 Å². The van der Waals surface area contributed by atoms with Gasteiger partial charge in [-0.1, -0.05) is 12.1 Å². The number of benzene rings is 2. The molecule has 0 spiro atoms. The molecule has 0 saturated heterocycles. The number of aromatic amines is 1. The van der Waals surface area contributed by atoms with Gasteiger partial charge in [-0.3, -0.25) is 0 Å². The van der Waals surface area contributed by atoms with Gasteiger partial charge in [-0.25, -0.2) is 13.8 Å². The molecule has 0 atom stereocenters. The third kappa shape index (κ3) is 1.80. The molecule has 2 aromatic carbocycles. The second-order valence-corrected chi connectivity index (χ2v) is 4.70. The largest absolute Gasteiger partial charge is 0.338 e. The van der Waals surface area contributed by atoms with Gasteiger partial charge in [0.05, 0.1) is 21.1 Å². The molecule has 0 aliphatic rings. The molecule has 90 valence electrons. The van der Waals surface area contributed by atoms with Crippen LogP contribution < -0.4 is 0 Å². The molecule has 18 heavy (non-hydrogen) atoms. The zero-order valence-corrected chi connectivity index (χ0v) is 10.6. The molecule has 0 amide bonds. The minimum atomic E-state index is -0.383. The Hall–Kier alpha value is -1.75. The Morgan fingerprint density at radius 3 is 2.61 bits per heavy atom. The molecule has 0 radical (unpaired) electrons. The van der Waals surface area contributed by atoms with Gasteiger partial charge in [0.15, 0.2) is 0 Å². The predicted molar refractivity (Wildman–Crippen MR) is 69.1 cm³/mol. The predicted octanol–water partition coefficient (Wildman–Crippen LogP) is 4.27. The van der Waals surface area contributed by atoms with E-state index >= 15 is 0 Å². The second kappa shape index (κ2) is 4.17. The van der Waals surface area contributed by atoms with E-state index in [2.05, 4.69) is 25.9 Å². The first-order valence-corrected chi connectivity index (χ1v) is 6.04. The quantitative estimate of drug-likeness (QED) is 0.714. The lowest BCUT2D eigenvalue weighted by molar-refractivity contribution is 0.623. The highest BCUT2D eigenvalue weighted by Gasteiger charge is 2.11. The monoisotopic (exact) mass is 308 g/mol. The van der Waals surface area contributed by atoms with Gasteiger partial charge in [0.1, 0.15) is 17.5 Å². The van der Waals surface area contributed by atoms with Crippen LogP contribution in [0.3, 0.4) is 0 Å². The van der Waals surface area contributed by atoms with E-state index in [1.165, 1.54) is 12.1 Å². The standard InChI is InChI=1S/C13H7BrF2N2/c14-8-5-11-12(6-10(8)16)18-13(17-11)7-3-1-2-4-9(7)15/h1-6H,(H,17,18). The summed E-state index contributed by atoms with van der Waals surface area (Å²) in [5.74, 6) is -0.358. The molecule has 0 aliphatic heterocycles. The van der Waals surface area contributed by atoms with Crippen molar-refractivity contribution < 1.29 is 8.78 Å². The van der Waals surface area contributed by atoms with E-state index in [1.54, 1.807) is 24.3 Å². The van der Waals surface area contributed by atoms with E-state index in [0.717, 1.165) is 0 Å². The van der Waals surface area contributed by atoms with Crippen molar-refractivity contribution in [2.24, 2.45) is 0 Å². The first kappa shape index (κ1) is 11.3. The molecule has 0 unspecified atom stereocenters. The third-order valence-corrected chi connectivity index (χ3v) is 3.26. The van der Waals surface area contributed by atoms with E-state index in [-0.39, 0.29) is 11.6 Å². The lowest BCUT2D eigenvalue weighted by Gasteiger charge is -1.96. The smallest absolute Gasteiger partial charge is 0.141 e. The van der Waals surface area contributed by atoms with Crippen molar-refractivity contribution in [2.75, 3.05) is 0 Å². The number of imidazole rings is 1. The van der Waals surface area contributed by atoms with Gasteiger partial charge >= 0.3 is 0 Å². The summed E-state index contributed by atoms with van der Waals surface area (Å²) in [6.07, 6.45) is 0. The molecule has 1 N–H and O–H groups in total. The summed E-state index contributed by atoms with van der Waals surface area (Å²) in [6.45, 7) is 0. The van der Waals surface area contributed by atoms with Crippen molar-refractivity contribution in [1.82, 2.24) is 9.97 Å². The molecule has 0 aliphatic carbocycles. The van der Waals surface area contributed by atoms with Crippen LogP contribution in [0.25, 0.3) is 22.4 Å². The van der Waals surface area contributed by atoms with Gasteiger partial charge in [0.2, 0.25) is 0 Å².